The van der Waals surface area contributed by atoms with Crippen molar-refractivity contribution in [3.63, 3.8) is 0 Å². The maximum absolute atomic E-state index is 7.52. The van der Waals surface area contributed by atoms with Crippen molar-refractivity contribution in [3.8, 4) is 0 Å². The van der Waals surface area contributed by atoms with Crippen LogP contribution in [0.2, 0.25) is 0 Å². The highest BCUT2D eigenvalue weighted by atomic mass is 14.4. The summed E-state index contributed by atoms with van der Waals surface area (Å²) in [5.74, 6) is 1.31. The molecule has 0 aliphatic heterocycles. The van der Waals surface area contributed by atoms with Gasteiger partial charge in [-0.25, -0.2) is 0 Å². The normalized spacial score (nSPS) is 16.0. The van der Waals surface area contributed by atoms with Gasteiger partial charge >= 0.3 is 0 Å². The fraction of sp³-hybridized carbons (Fsp3) is 0.900. The third-order valence-corrected chi connectivity index (χ3v) is 2.49. The minimum Gasteiger partial charge on any atom is -0.310 e. The Hall–Kier alpha value is -0.330. The maximum Gasteiger partial charge on any atom is 0.00891 e. The second-order valence-electron chi connectivity index (χ2n) is 3.54. The first-order valence-electron chi connectivity index (χ1n) is 4.66. The molecule has 0 bridgehead atoms. The maximum atomic E-state index is 7.52. The topological polar surface area (TPSA) is 23.9 Å². The lowest BCUT2D eigenvalue weighted by molar-refractivity contribution is 0.441. The smallest absolute Gasteiger partial charge is 0.00891 e. The predicted molar refractivity (Wildman–Crippen MR) is 51.3 cm³/mol. The van der Waals surface area contributed by atoms with Crippen molar-refractivity contribution in [1.29, 1.82) is 5.41 Å². The van der Waals surface area contributed by atoms with Gasteiger partial charge in [0.25, 0.3) is 0 Å². The van der Waals surface area contributed by atoms with E-state index in [0.717, 1.165) is 18.1 Å². The van der Waals surface area contributed by atoms with E-state index in [1.165, 1.54) is 12.8 Å². The zero-order valence-corrected chi connectivity index (χ0v) is 8.28. The van der Waals surface area contributed by atoms with Crippen LogP contribution >= 0.6 is 0 Å². The first kappa shape index (κ1) is 10.7. The molecule has 0 spiro atoms. The monoisotopic (exact) mass is 155 g/mol. The highest BCUT2D eigenvalue weighted by Gasteiger charge is 2.11. The molecule has 0 amide bonds. The van der Waals surface area contributed by atoms with Crippen LogP contribution in [-0.2, 0) is 0 Å². The van der Waals surface area contributed by atoms with E-state index in [4.69, 9.17) is 5.41 Å². The van der Waals surface area contributed by atoms with Crippen molar-refractivity contribution < 1.29 is 0 Å². The second-order valence-corrected chi connectivity index (χ2v) is 3.54. The quantitative estimate of drug-likeness (QED) is 0.588. The molecule has 2 atom stereocenters. The predicted octanol–water partition coefficient (Wildman–Crippen LogP) is 3.49. The van der Waals surface area contributed by atoms with E-state index in [1.54, 1.807) is 0 Å². The summed E-state index contributed by atoms with van der Waals surface area (Å²) < 4.78 is 0. The average molecular weight is 155 g/mol. The van der Waals surface area contributed by atoms with Crippen LogP contribution in [0.15, 0.2) is 0 Å². The lowest BCUT2D eigenvalue weighted by Crippen LogP contribution is -2.12. The average Bonchev–Trinajstić information content (AvgIpc) is 1.99. The van der Waals surface area contributed by atoms with Gasteiger partial charge in [-0.1, -0.05) is 27.2 Å². The molecule has 1 N–H and O–H groups in total. The summed E-state index contributed by atoms with van der Waals surface area (Å²) in [6, 6.07) is 0. The van der Waals surface area contributed by atoms with Gasteiger partial charge in [-0.15, -0.1) is 0 Å². The summed E-state index contributed by atoms with van der Waals surface area (Å²) in [6.07, 6.45) is 3.56. The molecule has 1 heteroatoms. The van der Waals surface area contributed by atoms with E-state index < -0.39 is 0 Å². The minimum absolute atomic E-state index is 0.532. The van der Waals surface area contributed by atoms with Gasteiger partial charge in [0.15, 0.2) is 0 Å². The zero-order valence-electron chi connectivity index (χ0n) is 8.28. The summed E-state index contributed by atoms with van der Waals surface area (Å²) in [6.45, 7) is 8.59. The lowest BCUT2D eigenvalue weighted by atomic mass is 9.89. The summed E-state index contributed by atoms with van der Waals surface area (Å²) in [4.78, 5) is 0. The summed E-state index contributed by atoms with van der Waals surface area (Å²) in [5, 5.41) is 7.52. The van der Waals surface area contributed by atoms with E-state index in [9.17, 15) is 0 Å². The Balaban J connectivity index is 3.77. The minimum atomic E-state index is 0.532. The number of nitrogens with one attached hydrogen (secondary N) is 1. The SMILES string of the molecule is CCC(C)CC(CC)C(C)=N. The van der Waals surface area contributed by atoms with Gasteiger partial charge in [0.05, 0.1) is 0 Å². The fourth-order valence-electron chi connectivity index (χ4n) is 1.30. The third kappa shape index (κ3) is 4.18. The van der Waals surface area contributed by atoms with Crippen LogP contribution < -0.4 is 0 Å². The largest absolute Gasteiger partial charge is 0.310 e. The first-order chi connectivity index (χ1) is 5.11. The highest BCUT2D eigenvalue weighted by molar-refractivity contribution is 5.81. The molecule has 1 nitrogen and oxygen atoms in total. The molecule has 11 heavy (non-hydrogen) atoms. The van der Waals surface area contributed by atoms with Crippen LogP contribution in [0.1, 0.15) is 47.0 Å². The molecule has 0 aliphatic carbocycles. The second kappa shape index (κ2) is 5.34. The molecule has 0 radical (unpaired) electrons. The van der Waals surface area contributed by atoms with Crippen LogP contribution in [-0.4, -0.2) is 5.71 Å². The molecule has 0 saturated carbocycles. The molecule has 0 heterocycles. The Morgan fingerprint density at radius 2 is 1.82 bits per heavy atom. The molecule has 0 fully saturated rings. The molecule has 0 aromatic rings. The van der Waals surface area contributed by atoms with Gasteiger partial charge in [-0.05, 0) is 31.6 Å². The molecule has 0 saturated heterocycles. The Labute approximate surface area is 70.7 Å². The van der Waals surface area contributed by atoms with Crippen molar-refractivity contribution >= 4 is 5.71 Å². The van der Waals surface area contributed by atoms with Gasteiger partial charge in [0.2, 0.25) is 0 Å². The molecule has 0 aromatic carbocycles. The van der Waals surface area contributed by atoms with E-state index in [-0.39, 0.29) is 0 Å². The molecule has 0 aromatic heterocycles. The number of hydrogen-bond donors (Lipinski definition) is 1. The summed E-state index contributed by atoms with van der Waals surface area (Å²) >= 11 is 0. The Morgan fingerprint density at radius 1 is 1.27 bits per heavy atom. The zero-order chi connectivity index (χ0) is 8.85. The third-order valence-electron chi connectivity index (χ3n) is 2.49. The summed E-state index contributed by atoms with van der Waals surface area (Å²) in [5.41, 5.74) is 0.854. The van der Waals surface area contributed by atoms with E-state index in [1.807, 2.05) is 6.92 Å². The van der Waals surface area contributed by atoms with Crippen LogP contribution in [0.3, 0.4) is 0 Å². The van der Waals surface area contributed by atoms with Gasteiger partial charge in [-0.3, -0.25) is 0 Å². The Kier molecular flexibility index (Phi) is 5.18. The Bertz CT molecular complexity index is 118. The van der Waals surface area contributed by atoms with E-state index in [0.29, 0.717) is 5.92 Å². The molecule has 66 valence electrons. The van der Waals surface area contributed by atoms with Crippen LogP contribution in [0.5, 0.6) is 0 Å². The van der Waals surface area contributed by atoms with Crippen LogP contribution in [0.4, 0.5) is 0 Å². The molecular weight excluding hydrogens is 134 g/mol. The molecule has 0 aliphatic rings. The van der Waals surface area contributed by atoms with Gasteiger partial charge in [0.1, 0.15) is 0 Å². The first-order valence-corrected chi connectivity index (χ1v) is 4.66. The molecule has 0 rings (SSSR count). The fourth-order valence-corrected chi connectivity index (χ4v) is 1.30. The molecule has 2 unspecified atom stereocenters. The van der Waals surface area contributed by atoms with Crippen molar-refractivity contribution in [3.05, 3.63) is 0 Å². The van der Waals surface area contributed by atoms with Gasteiger partial charge < -0.3 is 5.41 Å². The van der Waals surface area contributed by atoms with Gasteiger partial charge in [-0.2, -0.15) is 0 Å². The Morgan fingerprint density at radius 3 is 2.09 bits per heavy atom. The van der Waals surface area contributed by atoms with Crippen molar-refractivity contribution in [2.75, 3.05) is 0 Å². The van der Waals surface area contributed by atoms with Crippen LogP contribution in [0.25, 0.3) is 0 Å². The van der Waals surface area contributed by atoms with Crippen molar-refractivity contribution in [2.24, 2.45) is 11.8 Å². The molecular formula is C10H21N. The van der Waals surface area contributed by atoms with Crippen molar-refractivity contribution in [2.45, 2.75) is 47.0 Å². The van der Waals surface area contributed by atoms with E-state index >= 15 is 0 Å². The van der Waals surface area contributed by atoms with Crippen LogP contribution in [0, 0.1) is 17.2 Å². The standard InChI is InChI=1S/C10H21N/c1-5-8(3)7-10(6-2)9(4)11/h8,10-11H,5-7H2,1-4H3. The van der Waals surface area contributed by atoms with Gasteiger partial charge in [0, 0.05) is 5.71 Å². The van der Waals surface area contributed by atoms with Crippen molar-refractivity contribution in [1.82, 2.24) is 0 Å². The van der Waals surface area contributed by atoms with E-state index in [2.05, 4.69) is 20.8 Å². The highest BCUT2D eigenvalue weighted by Crippen LogP contribution is 2.18. The number of hydrogen-bond acceptors (Lipinski definition) is 1. The number of rotatable bonds is 5. The lowest BCUT2D eigenvalue weighted by Gasteiger charge is -2.17. The summed E-state index contributed by atoms with van der Waals surface area (Å²) in [7, 11) is 0.